The minimum atomic E-state index is -4.44. The number of sulfonamides is 1. The molecule has 0 saturated heterocycles. The molecule has 150 valence electrons. The van der Waals surface area contributed by atoms with Crippen molar-refractivity contribution in [2.24, 2.45) is 10.1 Å². The Morgan fingerprint density at radius 1 is 1.33 bits per heavy atom. The summed E-state index contributed by atoms with van der Waals surface area (Å²) in [6.07, 6.45) is -4.12. The topological polar surface area (TPSA) is 109 Å². The highest BCUT2D eigenvalue weighted by molar-refractivity contribution is 7.91. The second-order valence-electron chi connectivity index (χ2n) is 5.26. The number of guanidine groups is 1. The maximum Gasteiger partial charge on any atom is 0.434 e. The zero-order valence-electron chi connectivity index (χ0n) is 14.2. The van der Waals surface area contributed by atoms with Gasteiger partial charge in [-0.3, -0.25) is 0 Å². The Balaban J connectivity index is 1.92. The van der Waals surface area contributed by atoms with Crippen molar-refractivity contribution in [3.8, 4) is 0 Å². The molecule has 0 fully saturated rings. The number of aromatic nitrogens is 1. The van der Waals surface area contributed by atoms with Crippen molar-refractivity contribution in [1.29, 1.82) is 0 Å². The molecule has 0 radical (unpaired) electrons. The maximum absolute atomic E-state index is 12.5. The van der Waals surface area contributed by atoms with Gasteiger partial charge in [-0.25, -0.2) is 23.5 Å². The highest BCUT2D eigenvalue weighted by atomic mass is 32.2. The van der Waals surface area contributed by atoms with E-state index < -0.39 is 21.9 Å². The maximum atomic E-state index is 12.5. The lowest BCUT2D eigenvalue weighted by Crippen LogP contribution is -2.38. The van der Waals surface area contributed by atoms with Gasteiger partial charge in [0.15, 0.2) is 11.7 Å². The highest BCUT2D eigenvalue weighted by Gasteiger charge is 2.33. The summed E-state index contributed by atoms with van der Waals surface area (Å²) in [5.74, 6) is 0.468. The van der Waals surface area contributed by atoms with Crippen LogP contribution in [-0.4, -0.2) is 32.5 Å². The minimum Gasteiger partial charge on any atom is -0.357 e. The van der Waals surface area contributed by atoms with Crippen LogP contribution in [0.4, 0.5) is 13.2 Å². The van der Waals surface area contributed by atoms with Gasteiger partial charge in [0.2, 0.25) is 10.0 Å². The summed E-state index contributed by atoms with van der Waals surface area (Å²) >= 11 is 1.99. The third kappa shape index (κ3) is 6.75. The minimum absolute atomic E-state index is 0.0647. The van der Waals surface area contributed by atoms with Crippen molar-refractivity contribution in [1.82, 2.24) is 15.6 Å². The smallest absolute Gasteiger partial charge is 0.357 e. The Hall–Kier alpha value is -1.70. The average molecular weight is 442 g/mol. The van der Waals surface area contributed by atoms with E-state index in [0.29, 0.717) is 35.4 Å². The Bertz CT molecular complexity index is 890. The van der Waals surface area contributed by atoms with Crippen LogP contribution in [-0.2, 0) is 29.2 Å². The first-order valence-electron chi connectivity index (χ1n) is 7.75. The quantitative estimate of drug-likeness (QED) is 0.451. The van der Waals surface area contributed by atoms with Gasteiger partial charge in [-0.2, -0.15) is 13.2 Å². The van der Waals surface area contributed by atoms with Crippen molar-refractivity contribution >= 4 is 38.7 Å². The number of rotatable bonds is 7. The second kappa shape index (κ2) is 8.99. The van der Waals surface area contributed by atoms with Gasteiger partial charge < -0.3 is 10.6 Å². The third-order valence-corrected chi connectivity index (χ3v) is 6.55. The number of aliphatic imine (C=N–C) groups is 1. The van der Waals surface area contributed by atoms with Gasteiger partial charge in [-0.05, 0) is 19.1 Å². The molecule has 2 aromatic rings. The summed E-state index contributed by atoms with van der Waals surface area (Å²) in [5.41, 5.74) is -0.883. The molecule has 0 aliphatic rings. The first-order valence-corrected chi connectivity index (χ1v) is 11.0. The fourth-order valence-electron chi connectivity index (χ4n) is 1.94. The molecule has 27 heavy (non-hydrogen) atoms. The van der Waals surface area contributed by atoms with E-state index in [9.17, 15) is 21.6 Å². The number of alkyl halides is 3. The van der Waals surface area contributed by atoms with Gasteiger partial charge >= 0.3 is 6.18 Å². The molecular weight excluding hydrogens is 423 g/mol. The van der Waals surface area contributed by atoms with Crippen LogP contribution in [0.25, 0.3) is 0 Å². The van der Waals surface area contributed by atoms with E-state index in [-0.39, 0.29) is 10.8 Å². The average Bonchev–Trinajstić information content (AvgIpc) is 3.21. The number of nitrogens with two attached hydrogens (primary N) is 1. The fourth-order valence-corrected chi connectivity index (χ4v) is 4.45. The van der Waals surface area contributed by atoms with E-state index in [1.165, 1.54) is 6.07 Å². The Morgan fingerprint density at radius 3 is 2.63 bits per heavy atom. The summed E-state index contributed by atoms with van der Waals surface area (Å²) < 4.78 is 60.3. The van der Waals surface area contributed by atoms with Crippen LogP contribution in [0.5, 0.6) is 0 Å². The Labute approximate surface area is 162 Å². The zero-order chi connectivity index (χ0) is 20.1. The van der Waals surface area contributed by atoms with Crippen molar-refractivity contribution in [2.75, 3.05) is 13.1 Å². The lowest BCUT2D eigenvalue weighted by atomic mass is 10.4. The van der Waals surface area contributed by atoms with Crippen LogP contribution in [0.3, 0.4) is 0 Å². The summed E-state index contributed by atoms with van der Waals surface area (Å²) in [4.78, 5) is 8.61. The summed E-state index contributed by atoms with van der Waals surface area (Å²) in [7, 11) is -3.73. The third-order valence-electron chi connectivity index (χ3n) is 3.13. The molecule has 2 aromatic heterocycles. The van der Waals surface area contributed by atoms with Crippen LogP contribution in [0.1, 0.15) is 22.5 Å². The van der Waals surface area contributed by atoms with Gasteiger partial charge in [-0.15, -0.1) is 22.7 Å². The standard InChI is InChI=1S/C14H18F3N5O2S3/c1-2-19-13(21-7-9-3-4-12(26-9)27(18,23)24)20-6-5-11-22-10(8-25-11)14(15,16)17/h3-4,8H,2,5-7H2,1H3,(H2,18,23,24)(H2,19,20,21). The number of nitrogens with one attached hydrogen (secondary N) is 2. The predicted octanol–water partition coefficient (Wildman–Crippen LogP) is 2.17. The van der Waals surface area contributed by atoms with E-state index in [0.717, 1.165) is 28.1 Å². The molecule has 0 saturated carbocycles. The second-order valence-corrected chi connectivity index (χ2v) is 9.16. The lowest BCUT2D eigenvalue weighted by molar-refractivity contribution is -0.140. The summed E-state index contributed by atoms with van der Waals surface area (Å²) in [5, 5.41) is 12.5. The van der Waals surface area contributed by atoms with Crippen molar-refractivity contribution in [2.45, 2.75) is 30.3 Å². The molecule has 0 atom stereocenters. The van der Waals surface area contributed by atoms with Crippen LogP contribution in [0.15, 0.2) is 26.7 Å². The summed E-state index contributed by atoms with van der Waals surface area (Å²) in [6.45, 7) is 3.06. The van der Waals surface area contributed by atoms with Gasteiger partial charge in [0.1, 0.15) is 4.21 Å². The number of primary sulfonamides is 1. The molecule has 2 rings (SSSR count). The number of thiazole rings is 1. The molecule has 4 N–H and O–H groups in total. The first kappa shape index (κ1) is 21.6. The van der Waals surface area contributed by atoms with Crippen LogP contribution in [0.2, 0.25) is 0 Å². The number of thiophene rings is 1. The predicted molar refractivity (Wildman–Crippen MR) is 99.3 cm³/mol. The monoisotopic (exact) mass is 441 g/mol. The number of hydrogen-bond acceptors (Lipinski definition) is 6. The Morgan fingerprint density at radius 2 is 2.07 bits per heavy atom. The van der Waals surface area contributed by atoms with Crippen LogP contribution in [0, 0.1) is 0 Å². The van der Waals surface area contributed by atoms with Gasteiger partial charge in [0.05, 0.1) is 11.6 Å². The molecule has 0 aliphatic heterocycles. The van der Waals surface area contributed by atoms with Crippen molar-refractivity contribution < 1.29 is 21.6 Å². The van der Waals surface area contributed by atoms with Crippen LogP contribution >= 0.6 is 22.7 Å². The zero-order valence-corrected chi connectivity index (χ0v) is 16.7. The van der Waals surface area contributed by atoms with E-state index in [4.69, 9.17) is 5.14 Å². The molecule has 0 aromatic carbocycles. The van der Waals surface area contributed by atoms with Gasteiger partial charge in [-0.1, -0.05) is 0 Å². The molecule has 0 amide bonds. The molecule has 0 unspecified atom stereocenters. The highest BCUT2D eigenvalue weighted by Crippen LogP contribution is 2.30. The normalized spacial score (nSPS) is 13.0. The molecule has 0 spiro atoms. The first-order chi connectivity index (χ1) is 12.6. The SMILES string of the molecule is CCNC(=NCc1ccc(S(N)(=O)=O)s1)NCCc1nc(C(F)(F)F)cs1. The Kier molecular flexibility index (Phi) is 7.19. The molecule has 7 nitrogen and oxygen atoms in total. The fraction of sp³-hybridized carbons (Fsp3) is 0.429. The van der Waals surface area contributed by atoms with Gasteiger partial charge in [0, 0.05) is 29.8 Å². The molecule has 0 bridgehead atoms. The number of halogens is 3. The van der Waals surface area contributed by atoms with Crippen molar-refractivity contribution in [3.05, 3.63) is 33.1 Å². The molecule has 0 aliphatic carbocycles. The van der Waals surface area contributed by atoms with E-state index in [1.54, 1.807) is 6.07 Å². The van der Waals surface area contributed by atoms with E-state index in [2.05, 4.69) is 20.6 Å². The van der Waals surface area contributed by atoms with Crippen molar-refractivity contribution in [3.63, 3.8) is 0 Å². The molecule has 2 heterocycles. The number of nitrogens with zero attached hydrogens (tertiary/aromatic N) is 2. The van der Waals surface area contributed by atoms with E-state index >= 15 is 0 Å². The number of hydrogen-bond donors (Lipinski definition) is 3. The molecule has 13 heteroatoms. The van der Waals surface area contributed by atoms with E-state index in [1.807, 2.05) is 6.92 Å². The van der Waals surface area contributed by atoms with Crippen LogP contribution < -0.4 is 15.8 Å². The van der Waals surface area contributed by atoms with Gasteiger partial charge in [0.25, 0.3) is 0 Å². The lowest BCUT2D eigenvalue weighted by Gasteiger charge is -2.10. The summed E-state index contributed by atoms with van der Waals surface area (Å²) in [6, 6.07) is 3.05. The largest absolute Gasteiger partial charge is 0.434 e. The molecular formula is C14H18F3N5O2S3.